The van der Waals surface area contributed by atoms with Crippen LogP contribution < -0.4 is 5.32 Å². The first kappa shape index (κ1) is 11.8. The molecule has 1 atom stereocenters. The highest BCUT2D eigenvalue weighted by Gasteiger charge is 2.15. The van der Waals surface area contributed by atoms with Crippen molar-refractivity contribution < 1.29 is 9.53 Å². The number of carbonyl (C=O) groups is 1. The third-order valence-electron chi connectivity index (χ3n) is 1.17. The van der Waals surface area contributed by atoms with Gasteiger partial charge >= 0.3 is 6.09 Å². The molecule has 74 valence electrons. The summed E-state index contributed by atoms with van der Waals surface area (Å²) in [6.45, 7) is 7.43. The van der Waals surface area contributed by atoms with Gasteiger partial charge in [0.25, 0.3) is 0 Å². The first-order valence-corrected chi connectivity index (χ1v) is 4.21. The number of hydrogen-bond acceptors (Lipinski definition) is 3. The maximum atomic E-state index is 11.0. The summed E-state index contributed by atoms with van der Waals surface area (Å²) in [7, 11) is 0. The van der Waals surface area contributed by atoms with Gasteiger partial charge in [0.1, 0.15) is 5.60 Å². The zero-order chi connectivity index (χ0) is 10.5. The van der Waals surface area contributed by atoms with E-state index in [1.54, 1.807) is 27.7 Å². The minimum atomic E-state index is -0.486. The van der Waals surface area contributed by atoms with Crippen molar-refractivity contribution in [1.82, 2.24) is 5.32 Å². The van der Waals surface area contributed by atoms with Crippen LogP contribution in [0.5, 0.6) is 0 Å². The van der Waals surface area contributed by atoms with Crippen molar-refractivity contribution in [3.8, 4) is 6.07 Å². The highest BCUT2D eigenvalue weighted by atomic mass is 16.6. The topological polar surface area (TPSA) is 62.1 Å². The zero-order valence-electron chi connectivity index (χ0n) is 8.55. The first-order valence-electron chi connectivity index (χ1n) is 4.21. The lowest BCUT2D eigenvalue weighted by atomic mass is 10.2. The molecule has 0 aliphatic carbocycles. The second-order valence-electron chi connectivity index (χ2n) is 3.91. The van der Waals surface area contributed by atoms with Gasteiger partial charge in [0.15, 0.2) is 0 Å². The number of nitriles is 1. The molecule has 0 aliphatic rings. The Labute approximate surface area is 78.9 Å². The lowest BCUT2D eigenvalue weighted by molar-refractivity contribution is 0.0524. The molecule has 4 nitrogen and oxygen atoms in total. The second kappa shape index (κ2) is 4.70. The minimum absolute atomic E-state index is 0.187. The summed E-state index contributed by atoms with van der Waals surface area (Å²) in [6.07, 6.45) is -0.477. The van der Waals surface area contributed by atoms with Crippen molar-refractivity contribution in [3.63, 3.8) is 0 Å². The maximum Gasteiger partial charge on any atom is 0.407 e. The van der Waals surface area contributed by atoms with Crippen LogP contribution >= 0.6 is 0 Å². The van der Waals surface area contributed by atoms with Gasteiger partial charge < -0.3 is 10.1 Å². The van der Waals surface area contributed by atoms with E-state index in [-0.39, 0.29) is 5.92 Å². The third-order valence-corrected chi connectivity index (χ3v) is 1.17. The lowest BCUT2D eigenvalue weighted by Gasteiger charge is -2.19. The third kappa shape index (κ3) is 7.13. The summed E-state index contributed by atoms with van der Waals surface area (Å²) < 4.78 is 4.97. The molecule has 0 rings (SSSR count). The summed E-state index contributed by atoms with van der Waals surface area (Å²) >= 11 is 0. The molecule has 0 bridgehead atoms. The van der Waals surface area contributed by atoms with Crippen molar-refractivity contribution in [2.75, 3.05) is 6.54 Å². The van der Waals surface area contributed by atoms with Crippen LogP contribution in [0.15, 0.2) is 0 Å². The van der Waals surface area contributed by atoms with Gasteiger partial charge in [-0.15, -0.1) is 0 Å². The van der Waals surface area contributed by atoms with Gasteiger partial charge in [-0.2, -0.15) is 5.26 Å². The summed E-state index contributed by atoms with van der Waals surface area (Å²) in [6, 6.07) is 2.01. The van der Waals surface area contributed by atoms with Crippen molar-refractivity contribution in [2.24, 2.45) is 5.92 Å². The first-order chi connectivity index (χ1) is 5.85. The molecule has 4 heteroatoms. The molecule has 0 unspecified atom stereocenters. The van der Waals surface area contributed by atoms with E-state index in [4.69, 9.17) is 10.00 Å². The number of ether oxygens (including phenoxy) is 1. The normalized spacial score (nSPS) is 12.8. The Morgan fingerprint density at radius 2 is 2.15 bits per heavy atom. The van der Waals surface area contributed by atoms with Crippen LogP contribution in [-0.4, -0.2) is 18.2 Å². The number of carbonyl (C=O) groups excluding carboxylic acids is 1. The van der Waals surface area contributed by atoms with E-state index in [0.29, 0.717) is 6.54 Å². The SMILES string of the molecule is C[C@H](C#N)CNC(=O)OC(C)(C)C. The van der Waals surface area contributed by atoms with Crippen molar-refractivity contribution in [1.29, 1.82) is 5.26 Å². The van der Waals surface area contributed by atoms with E-state index < -0.39 is 11.7 Å². The van der Waals surface area contributed by atoms with Crippen molar-refractivity contribution in [3.05, 3.63) is 0 Å². The Kier molecular flexibility index (Phi) is 4.26. The van der Waals surface area contributed by atoms with E-state index >= 15 is 0 Å². The molecular weight excluding hydrogens is 168 g/mol. The van der Waals surface area contributed by atoms with E-state index in [1.807, 2.05) is 6.07 Å². The van der Waals surface area contributed by atoms with Crippen molar-refractivity contribution in [2.45, 2.75) is 33.3 Å². The second-order valence-corrected chi connectivity index (χ2v) is 3.91. The van der Waals surface area contributed by atoms with Gasteiger partial charge in [-0.3, -0.25) is 0 Å². The molecular formula is C9H16N2O2. The number of nitrogens with one attached hydrogen (secondary N) is 1. The smallest absolute Gasteiger partial charge is 0.407 e. The summed E-state index contributed by atoms with van der Waals surface area (Å²) in [5.74, 6) is -0.187. The Morgan fingerprint density at radius 1 is 1.62 bits per heavy atom. The molecule has 0 aromatic heterocycles. The van der Waals surface area contributed by atoms with Crippen LogP contribution in [0.2, 0.25) is 0 Å². The number of rotatable bonds is 2. The van der Waals surface area contributed by atoms with Crippen LogP contribution in [0.4, 0.5) is 4.79 Å². The molecule has 1 N–H and O–H groups in total. The molecule has 0 fully saturated rings. The van der Waals surface area contributed by atoms with E-state index in [1.165, 1.54) is 0 Å². The fourth-order valence-corrected chi connectivity index (χ4v) is 0.596. The molecule has 0 heterocycles. The summed E-state index contributed by atoms with van der Waals surface area (Å²) in [5, 5.41) is 10.9. The van der Waals surface area contributed by atoms with Gasteiger partial charge in [-0.05, 0) is 27.7 Å². The monoisotopic (exact) mass is 184 g/mol. The van der Waals surface area contributed by atoms with Crippen LogP contribution in [0, 0.1) is 17.2 Å². The quantitative estimate of drug-likeness (QED) is 0.710. The summed E-state index contributed by atoms with van der Waals surface area (Å²) in [4.78, 5) is 11.0. The van der Waals surface area contributed by atoms with Crippen LogP contribution in [0.3, 0.4) is 0 Å². The maximum absolute atomic E-state index is 11.0. The average Bonchev–Trinajstić information content (AvgIpc) is 1.97. The van der Waals surface area contributed by atoms with Crippen molar-refractivity contribution >= 4 is 6.09 Å². The zero-order valence-corrected chi connectivity index (χ0v) is 8.55. The number of alkyl carbamates (subject to hydrolysis) is 1. The standard InChI is InChI=1S/C9H16N2O2/c1-7(5-10)6-11-8(12)13-9(2,3)4/h7H,6H2,1-4H3,(H,11,12)/t7-/m1/s1. The molecule has 13 heavy (non-hydrogen) atoms. The fraction of sp³-hybridized carbons (Fsp3) is 0.778. The van der Waals surface area contributed by atoms with Gasteiger partial charge in [-0.25, -0.2) is 4.79 Å². The predicted molar refractivity (Wildman–Crippen MR) is 49.0 cm³/mol. The Morgan fingerprint density at radius 3 is 2.54 bits per heavy atom. The molecule has 0 spiro atoms. The van der Waals surface area contributed by atoms with Crippen LogP contribution in [0.25, 0.3) is 0 Å². The number of hydrogen-bond donors (Lipinski definition) is 1. The van der Waals surface area contributed by atoms with Gasteiger partial charge in [-0.1, -0.05) is 0 Å². The van der Waals surface area contributed by atoms with Crippen LogP contribution in [0.1, 0.15) is 27.7 Å². The Balaban J connectivity index is 3.72. The molecule has 0 saturated carbocycles. The van der Waals surface area contributed by atoms with Gasteiger partial charge in [0.05, 0.1) is 12.0 Å². The largest absolute Gasteiger partial charge is 0.444 e. The highest BCUT2D eigenvalue weighted by Crippen LogP contribution is 2.06. The van der Waals surface area contributed by atoms with E-state index in [9.17, 15) is 4.79 Å². The lowest BCUT2D eigenvalue weighted by Crippen LogP contribution is -2.34. The molecule has 0 aromatic rings. The molecule has 0 aliphatic heterocycles. The van der Waals surface area contributed by atoms with Gasteiger partial charge in [0, 0.05) is 6.54 Å². The van der Waals surface area contributed by atoms with Crippen LogP contribution in [-0.2, 0) is 4.74 Å². The Hall–Kier alpha value is -1.24. The average molecular weight is 184 g/mol. The summed E-state index contributed by atoms with van der Waals surface area (Å²) in [5.41, 5.74) is -0.486. The molecule has 0 saturated heterocycles. The highest BCUT2D eigenvalue weighted by molar-refractivity contribution is 5.67. The minimum Gasteiger partial charge on any atom is -0.444 e. The fourth-order valence-electron chi connectivity index (χ4n) is 0.596. The molecule has 0 aromatic carbocycles. The Bertz CT molecular complexity index is 213. The van der Waals surface area contributed by atoms with E-state index in [2.05, 4.69) is 5.32 Å². The van der Waals surface area contributed by atoms with E-state index in [0.717, 1.165) is 0 Å². The number of amides is 1. The van der Waals surface area contributed by atoms with Gasteiger partial charge in [0.2, 0.25) is 0 Å². The predicted octanol–water partition coefficient (Wildman–Crippen LogP) is 1.67. The number of nitrogens with zero attached hydrogens (tertiary/aromatic N) is 1. The molecule has 1 amide bonds. The molecule has 0 radical (unpaired) electrons.